The molecule has 3 nitrogen and oxygen atoms in total. The molecule has 1 aromatic rings. The van der Waals surface area contributed by atoms with Crippen LogP contribution in [0, 0.1) is 0 Å². The number of aromatic amines is 1. The van der Waals surface area contributed by atoms with Gasteiger partial charge in [0.15, 0.2) is 0 Å². The molecule has 1 aliphatic rings. The number of fused-ring (bicyclic) bond motifs is 1. The highest BCUT2D eigenvalue weighted by Gasteiger charge is 2.22. The molecule has 0 radical (unpaired) electrons. The first-order chi connectivity index (χ1) is 6.81. The van der Waals surface area contributed by atoms with Crippen LogP contribution in [0.5, 0.6) is 0 Å². The van der Waals surface area contributed by atoms with E-state index in [1.165, 1.54) is 17.7 Å². The minimum atomic E-state index is 0.651. The van der Waals surface area contributed by atoms with Crippen molar-refractivity contribution in [1.29, 1.82) is 0 Å². The molecule has 0 aromatic carbocycles. The zero-order valence-corrected chi connectivity index (χ0v) is 8.66. The van der Waals surface area contributed by atoms with Gasteiger partial charge in [0.2, 0.25) is 0 Å². The van der Waals surface area contributed by atoms with Gasteiger partial charge in [-0.1, -0.05) is 6.08 Å². The third kappa shape index (κ3) is 1.73. The van der Waals surface area contributed by atoms with Gasteiger partial charge in [-0.15, -0.1) is 6.58 Å². The van der Waals surface area contributed by atoms with Crippen molar-refractivity contribution in [1.82, 2.24) is 15.1 Å². The summed E-state index contributed by atoms with van der Waals surface area (Å²) in [5.74, 6) is 0. The summed E-state index contributed by atoms with van der Waals surface area (Å²) in [6.45, 7) is 4.74. The maximum atomic E-state index is 4.08. The second-order valence-electron chi connectivity index (χ2n) is 4.00. The van der Waals surface area contributed by atoms with E-state index < -0.39 is 0 Å². The minimum Gasteiger partial charge on any atom is -0.299 e. The van der Waals surface area contributed by atoms with Crippen molar-refractivity contribution in [2.24, 2.45) is 0 Å². The summed E-state index contributed by atoms with van der Waals surface area (Å²) in [6.07, 6.45) is 7.39. The van der Waals surface area contributed by atoms with Gasteiger partial charge in [0, 0.05) is 18.3 Å². The lowest BCUT2D eigenvalue weighted by molar-refractivity contribution is 0.243. The number of aryl methyl sites for hydroxylation is 1. The Morgan fingerprint density at radius 3 is 3.43 bits per heavy atom. The van der Waals surface area contributed by atoms with Crippen molar-refractivity contribution in [3.63, 3.8) is 0 Å². The SMILES string of the molecule is C=CCN(C)C1CCc2[nH]ncc2C1. The number of nitrogens with zero attached hydrogens (tertiary/aromatic N) is 2. The lowest BCUT2D eigenvalue weighted by atomic mass is 9.93. The molecule has 3 heteroatoms. The van der Waals surface area contributed by atoms with Crippen LogP contribution < -0.4 is 0 Å². The van der Waals surface area contributed by atoms with E-state index in [0.717, 1.165) is 19.4 Å². The van der Waals surface area contributed by atoms with Crippen molar-refractivity contribution in [2.45, 2.75) is 25.3 Å². The van der Waals surface area contributed by atoms with E-state index in [-0.39, 0.29) is 0 Å². The van der Waals surface area contributed by atoms with Gasteiger partial charge in [-0.2, -0.15) is 5.10 Å². The first-order valence-electron chi connectivity index (χ1n) is 5.13. The molecular formula is C11H17N3. The predicted molar refractivity (Wildman–Crippen MR) is 57.2 cm³/mol. The lowest BCUT2D eigenvalue weighted by Crippen LogP contribution is -2.36. The van der Waals surface area contributed by atoms with Gasteiger partial charge in [0.25, 0.3) is 0 Å². The van der Waals surface area contributed by atoms with Crippen LogP contribution in [-0.4, -0.2) is 34.7 Å². The number of hydrogen-bond donors (Lipinski definition) is 1. The van der Waals surface area contributed by atoms with Gasteiger partial charge in [0.1, 0.15) is 0 Å². The van der Waals surface area contributed by atoms with E-state index in [9.17, 15) is 0 Å². The van der Waals surface area contributed by atoms with Crippen molar-refractivity contribution in [3.05, 3.63) is 30.1 Å². The fourth-order valence-corrected chi connectivity index (χ4v) is 2.13. The van der Waals surface area contributed by atoms with Gasteiger partial charge in [0.05, 0.1) is 6.20 Å². The third-order valence-electron chi connectivity index (χ3n) is 3.03. The summed E-state index contributed by atoms with van der Waals surface area (Å²) in [6, 6.07) is 0.651. The van der Waals surface area contributed by atoms with E-state index in [1.54, 1.807) is 0 Å². The quantitative estimate of drug-likeness (QED) is 0.732. The third-order valence-corrected chi connectivity index (χ3v) is 3.03. The molecule has 1 heterocycles. The van der Waals surface area contributed by atoms with Crippen LogP contribution in [0.15, 0.2) is 18.9 Å². The van der Waals surface area contributed by atoms with Crippen LogP contribution in [0.1, 0.15) is 17.7 Å². The number of hydrogen-bond acceptors (Lipinski definition) is 2. The molecule has 76 valence electrons. The fraction of sp³-hybridized carbons (Fsp3) is 0.545. The molecule has 2 rings (SSSR count). The van der Waals surface area contributed by atoms with E-state index in [1.807, 2.05) is 12.3 Å². The Morgan fingerprint density at radius 1 is 1.79 bits per heavy atom. The van der Waals surface area contributed by atoms with Crippen LogP contribution in [0.25, 0.3) is 0 Å². The van der Waals surface area contributed by atoms with Crippen LogP contribution in [0.2, 0.25) is 0 Å². The molecule has 1 atom stereocenters. The van der Waals surface area contributed by atoms with Crippen molar-refractivity contribution in [2.75, 3.05) is 13.6 Å². The highest BCUT2D eigenvalue weighted by atomic mass is 15.1. The second-order valence-corrected chi connectivity index (χ2v) is 4.00. The Hall–Kier alpha value is -1.09. The van der Waals surface area contributed by atoms with E-state index >= 15 is 0 Å². The molecule has 14 heavy (non-hydrogen) atoms. The summed E-state index contributed by atoms with van der Waals surface area (Å²) in [5, 5.41) is 7.14. The molecule has 0 amide bonds. The van der Waals surface area contributed by atoms with Crippen molar-refractivity contribution < 1.29 is 0 Å². The molecular weight excluding hydrogens is 174 g/mol. The molecule has 1 N–H and O–H groups in total. The van der Waals surface area contributed by atoms with Crippen LogP contribution in [0.3, 0.4) is 0 Å². The average molecular weight is 191 g/mol. The average Bonchev–Trinajstić information content (AvgIpc) is 2.64. The monoisotopic (exact) mass is 191 g/mol. The number of H-pyrrole nitrogens is 1. The van der Waals surface area contributed by atoms with E-state index in [2.05, 4.69) is 28.7 Å². The summed E-state index contributed by atoms with van der Waals surface area (Å²) in [7, 11) is 2.16. The zero-order chi connectivity index (χ0) is 9.97. The predicted octanol–water partition coefficient (Wildman–Crippen LogP) is 1.38. The molecule has 1 unspecified atom stereocenters. The molecule has 0 saturated heterocycles. The van der Waals surface area contributed by atoms with Gasteiger partial charge in [-0.05, 0) is 31.9 Å². The molecule has 0 saturated carbocycles. The zero-order valence-electron chi connectivity index (χ0n) is 8.66. The number of aromatic nitrogens is 2. The van der Waals surface area contributed by atoms with Gasteiger partial charge < -0.3 is 0 Å². The van der Waals surface area contributed by atoms with Crippen LogP contribution in [-0.2, 0) is 12.8 Å². The van der Waals surface area contributed by atoms with Crippen molar-refractivity contribution in [3.8, 4) is 0 Å². The smallest absolute Gasteiger partial charge is 0.0522 e. The van der Waals surface area contributed by atoms with Crippen LogP contribution >= 0.6 is 0 Å². The van der Waals surface area contributed by atoms with Crippen LogP contribution in [0.4, 0.5) is 0 Å². The minimum absolute atomic E-state index is 0.651. The summed E-state index contributed by atoms with van der Waals surface area (Å²) < 4.78 is 0. The lowest BCUT2D eigenvalue weighted by Gasteiger charge is -2.29. The van der Waals surface area contributed by atoms with Gasteiger partial charge >= 0.3 is 0 Å². The first-order valence-corrected chi connectivity index (χ1v) is 5.13. The topological polar surface area (TPSA) is 31.9 Å². The largest absolute Gasteiger partial charge is 0.299 e. The normalized spacial score (nSPS) is 20.9. The Kier molecular flexibility index (Phi) is 2.68. The Labute approximate surface area is 84.8 Å². The van der Waals surface area contributed by atoms with E-state index in [4.69, 9.17) is 0 Å². The summed E-state index contributed by atoms with van der Waals surface area (Å²) in [5.41, 5.74) is 2.71. The molecule has 1 aromatic heterocycles. The highest BCUT2D eigenvalue weighted by molar-refractivity contribution is 5.21. The van der Waals surface area contributed by atoms with Gasteiger partial charge in [-0.25, -0.2) is 0 Å². The number of nitrogens with one attached hydrogen (secondary N) is 1. The Bertz CT molecular complexity index is 316. The Balaban J connectivity index is 2.03. The molecule has 0 spiro atoms. The standard InChI is InChI=1S/C11H17N3/c1-3-6-14(2)10-4-5-11-9(7-10)8-12-13-11/h3,8,10H,1,4-7H2,2H3,(H,12,13). The maximum Gasteiger partial charge on any atom is 0.0522 e. The maximum absolute atomic E-state index is 4.08. The summed E-state index contributed by atoms with van der Waals surface area (Å²) in [4.78, 5) is 2.36. The first kappa shape index (κ1) is 9.46. The second kappa shape index (κ2) is 3.96. The van der Waals surface area contributed by atoms with Crippen molar-refractivity contribution >= 4 is 0 Å². The highest BCUT2D eigenvalue weighted by Crippen LogP contribution is 2.21. The fourth-order valence-electron chi connectivity index (χ4n) is 2.13. The summed E-state index contributed by atoms with van der Waals surface area (Å²) >= 11 is 0. The number of rotatable bonds is 3. The molecule has 0 fully saturated rings. The Morgan fingerprint density at radius 2 is 2.64 bits per heavy atom. The van der Waals surface area contributed by atoms with E-state index in [0.29, 0.717) is 6.04 Å². The van der Waals surface area contributed by atoms with Gasteiger partial charge in [-0.3, -0.25) is 10.00 Å². The molecule has 1 aliphatic carbocycles. The molecule has 0 bridgehead atoms. The number of likely N-dealkylation sites (N-methyl/N-ethyl adjacent to an activating group) is 1. The molecule has 0 aliphatic heterocycles.